The van der Waals surface area contributed by atoms with Crippen LogP contribution in [0.3, 0.4) is 0 Å². The van der Waals surface area contributed by atoms with Gasteiger partial charge in [0.2, 0.25) is 5.91 Å². The second-order valence-electron chi connectivity index (χ2n) is 7.08. The quantitative estimate of drug-likeness (QED) is 0.429. The molecule has 0 aliphatic rings. The van der Waals surface area contributed by atoms with Crippen LogP contribution in [-0.4, -0.2) is 36.2 Å². The average Bonchev–Trinajstić information content (AvgIpc) is 3.40. The highest BCUT2D eigenvalue weighted by molar-refractivity contribution is 7.99. The van der Waals surface area contributed by atoms with Crippen molar-refractivity contribution in [2.45, 2.75) is 25.0 Å². The molecule has 7 nitrogen and oxygen atoms in total. The maximum atomic E-state index is 13.5. The maximum absolute atomic E-state index is 13.5. The van der Waals surface area contributed by atoms with Gasteiger partial charge < -0.3 is 5.32 Å². The Morgan fingerprint density at radius 1 is 1.06 bits per heavy atom. The second-order valence-corrected chi connectivity index (χ2v) is 8.02. The predicted molar refractivity (Wildman–Crippen MR) is 119 cm³/mol. The summed E-state index contributed by atoms with van der Waals surface area (Å²) in [6.45, 7) is 3.99. The van der Waals surface area contributed by atoms with E-state index in [9.17, 15) is 9.18 Å². The van der Waals surface area contributed by atoms with Gasteiger partial charge in [-0.25, -0.2) is 9.07 Å². The minimum absolute atomic E-state index is 0.132. The monoisotopic (exact) mass is 436 g/mol. The third-order valence-corrected chi connectivity index (χ3v) is 5.44. The van der Waals surface area contributed by atoms with E-state index >= 15 is 0 Å². The van der Waals surface area contributed by atoms with Gasteiger partial charge in [0.15, 0.2) is 11.0 Å². The van der Waals surface area contributed by atoms with E-state index in [-0.39, 0.29) is 23.5 Å². The van der Waals surface area contributed by atoms with E-state index in [1.165, 1.54) is 23.9 Å². The van der Waals surface area contributed by atoms with Crippen molar-refractivity contribution in [3.63, 3.8) is 0 Å². The van der Waals surface area contributed by atoms with Crippen molar-refractivity contribution >= 4 is 23.5 Å². The largest absolute Gasteiger partial charge is 0.310 e. The minimum atomic E-state index is -0.326. The fraction of sp³-hybridized carbons (Fsp3) is 0.182. The molecule has 0 saturated heterocycles. The fourth-order valence-corrected chi connectivity index (χ4v) is 3.85. The van der Waals surface area contributed by atoms with Crippen molar-refractivity contribution in [3.8, 4) is 17.1 Å². The number of benzene rings is 2. The van der Waals surface area contributed by atoms with Crippen molar-refractivity contribution in [1.29, 1.82) is 0 Å². The van der Waals surface area contributed by atoms with Gasteiger partial charge >= 0.3 is 0 Å². The molecule has 1 N–H and O–H groups in total. The molecule has 158 valence electrons. The molecule has 0 atom stereocenters. The number of rotatable bonds is 7. The molecule has 0 aliphatic carbocycles. The van der Waals surface area contributed by atoms with Crippen molar-refractivity contribution in [2.24, 2.45) is 0 Å². The first-order chi connectivity index (χ1) is 15.0. The number of amides is 1. The molecule has 0 spiro atoms. The molecule has 0 unspecified atom stereocenters. The maximum Gasteiger partial charge on any atom is 0.235 e. The number of hydrogen-bond donors (Lipinski definition) is 1. The Balaban J connectivity index is 1.58. The second kappa shape index (κ2) is 9.13. The van der Waals surface area contributed by atoms with E-state index in [2.05, 4.69) is 20.6 Å². The molecule has 2 aromatic carbocycles. The summed E-state index contributed by atoms with van der Waals surface area (Å²) in [4.78, 5) is 12.5. The third-order valence-electron chi connectivity index (χ3n) is 4.51. The van der Waals surface area contributed by atoms with Crippen molar-refractivity contribution in [2.75, 3.05) is 11.1 Å². The Labute approximate surface area is 183 Å². The van der Waals surface area contributed by atoms with Crippen LogP contribution in [0.5, 0.6) is 0 Å². The van der Waals surface area contributed by atoms with Crippen LogP contribution in [0.1, 0.15) is 19.9 Å². The first-order valence-corrected chi connectivity index (χ1v) is 10.7. The molecular formula is C22H21FN6OS. The number of carbonyl (C=O) groups is 1. The van der Waals surface area contributed by atoms with E-state index in [0.717, 1.165) is 5.56 Å². The minimum Gasteiger partial charge on any atom is -0.310 e. The zero-order valence-electron chi connectivity index (χ0n) is 17.1. The van der Waals surface area contributed by atoms with Gasteiger partial charge in [-0.2, -0.15) is 5.10 Å². The molecule has 4 aromatic rings. The number of hydrogen-bond acceptors (Lipinski definition) is 5. The first kappa shape index (κ1) is 20.8. The zero-order chi connectivity index (χ0) is 21.8. The fourth-order valence-electron chi connectivity index (χ4n) is 3.09. The number of carbonyl (C=O) groups excluding carboxylic acids is 1. The zero-order valence-corrected chi connectivity index (χ0v) is 17.9. The van der Waals surface area contributed by atoms with Gasteiger partial charge in [-0.1, -0.05) is 42.1 Å². The Bertz CT molecular complexity index is 1170. The Morgan fingerprint density at radius 3 is 2.52 bits per heavy atom. The van der Waals surface area contributed by atoms with Gasteiger partial charge in [-0.05, 0) is 38.1 Å². The summed E-state index contributed by atoms with van der Waals surface area (Å²) in [5, 5.41) is 16.3. The van der Waals surface area contributed by atoms with E-state index in [4.69, 9.17) is 0 Å². The number of anilines is 1. The number of thioether (sulfide) groups is 1. The Kier molecular flexibility index (Phi) is 6.13. The summed E-state index contributed by atoms with van der Waals surface area (Å²) in [5.74, 6) is 0.895. The van der Waals surface area contributed by atoms with Crippen LogP contribution in [0.15, 0.2) is 72.0 Å². The molecule has 31 heavy (non-hydrogen) atoms. The van der Waals surface area contributed by atoms with Gasteiger partial charge in [0, 0.05) is 23.4 Å². The van der Waals surface area contributed by atoms with Gasteiger partial charge in [-0.3, -0.25) is 9.36 Å². The van der Waals surface area contributed by atoms with Crippen LogP contribution < -0.4 is 5.32 Å². The first-order valence-electron chi connectivity index (χ1n) is 9.76. The molecule has 4 rings (SSSR count). The highest BCUT2D eigenvalue weighted by atomic mass is 32.2. The molecule has 0 saturated carbocycles. The van der Waals surface area contributed by atoms with Gasteiger partial charge in [0.1, 0.15) is 11.6 Å². The van der Waals surface area contributed by atoms with E-state index in [0.29, 0.717) is 22.5 Å². The van der Waals surface area contributed by atoms with E-state index in [1.54, 1.807) is 29.1 Å². The summed E-state index contributed by atoms with van der Waals surface area (Å²) < 4.78 is 17.0. The van der Waals surface area contributed by atoms with E-state index in [1.807, 2.05) is 48.7 Å². The lowest BCUT2D eigenvalue weighted by atomic mass is 10.2. The topological polar surface area (TPSA) is 77.6 Å². The van der Waals surface area contributed by atoms with Crippen molar-refractivity contribution < 1.29 is 9.18 Å². The number of halogens is 1. The summed E-state index contributed by atoms with van der Waals surface area (Å²) >= 11 is 1.26. The Hall–Kier alpha value is -3.46. The van der Waals surface area contributed by atoms with Crippen LogP contribution in [0, 0.1) is 5.82 Å². The van der Waals surface area contributed by atoms with E-state index < -0.39 is 0 Å². The lowest BCUT2D eigenvalue weighted by Crippen LogP contribution is -2.18. The lowest BCUT2D eigenvalue weighted by molar-refractivity contribution is -0.113. The summed E-state index contributed by atoms with van der Waals surface area (Å²) in [6.07, 6.45) is 1.65. The third kappa shape index (κ3) is 4.66. The van der Waals surface area contributed by atoms with Crippen LogP contribution in [-0.2, 0) is 4.79 Å². The normalized spacial score (nSPS) is 11.1. The predicted octanol–water partition coefficient (Wildman–Crippen LogP) is 4.58. The van der Waals surface area contributed by atoms with Crippen LogP contribution in [0.25, 0.3) is 17.1 Å². The highest BCUT2D eigenvalue weighted by Crippen LogP contribution is 2.28. The van der Waals surface area contributed by atoms with Crippen LogP contribution in [0.2, 0.25) is 0 Å². The van der Waals surface area contributed by atoms with Crippen molar-refractivity contribution in [3.05, 3.63) is 72.7 Å². The van der Waals surface area contributed by atoms with Crippen molar-refractivity contribution in [1.82, 2.24) is 24.5 Å². The average molecular weight is 437 g/mol. The lowest BCUT2D eigenvalue weighted by Gasteiger charge is -2.12. The number of nitrogens with one attached hydrogen (secondary N) is 1. The number of nitrogens with zero attached hydrogens (tertiary/aromatic N) is 5. The molecule has 0 radical (unpaired) electrons. The number of aromatic nitrogens is 5. The van der Waals surface area contributed by atoms with Gasteiger partial charge in [0.25, 0.3) is 0 Å². The standard InChI is InChI=1S/C22H21FN6OS/c1-15(2)29-19(12-13-24-29)25-20(30)14-31-22-27-26-21(16-6-4-3-5-7-16)28(22)18-10-8-17(23)9-11-18/h3-13,15H,14H2,1-2H3,(H,25,30). The Morgan fingerprint density at radius 2 is 1.81 bits per heavy atom. The summed E-state index contributed by atoms with van der Waals surface area (Å²) in [7, 11) is 0. The molecule has 2 aromatic heterocycles. The SMILES string of the molecule is CC(C)n1nccc1NC(=O)CSc1nnc(-c2ccccc2)n1-c1ccc(F)cc1. The molecule has 0 aliphatic heterocycles. The molecule has 0 fully saturated rings. The molecular weight excluding hydrogens is 415 g/mol. The van der Waals surface area contributed by atoms with Gasteiger partial charge in [-0.15, -0.1) is 10.2 Å². The van der Waals surface area contributed by atoms with Gasteiger partial charge in [0.05, 0.1) is 11.9 Å². The molecule has 2 heterocycles. The molecule has 9 heteroatoms. The summed E-state index contributed by atoms with van der Waals surface area (Å²) in [5.41, 5.74) is 1.59. The molecule has 0 bridgehead atoms. The smallest absolute Gasteiger partial charge is 0.235 e. The van der Waals surface area contributed by atoms with Crippen LogP contribution >= 0.6 is 11.8 Å². The molecule has 1 amide bonds. The van der Waals surface area contributed by atoms with Crippen LogP contribution in [0.4, 0.5) is 10.2 Å². The highest BCUT2D eigenvalue weighted by Gasteiger charge is 2.18. The summed E-state index contributed by atoms with van der Waals surface area (Å²) in [6, 6.07) is 17.6.